The standard InChI is InChI=1S/C17H15F7N2S.ClH/c18-13-8-11(16(19,20)21)7-12(17(22,23)24)14(13)15(10-1-6-27-9-10)26-4-2-25-3-5-26;/h1,6-9,15,25H,2-5H2;1H/t15-;/m0./s1. The summed E-state index contributed by atoms with van der Waals surface area (Å²) >= 11 is 1.23. The van der Waals surface area contributed by atoms with Crippen molar-refractivity contribution in [3.63, 3.8) is 0 Å². The van der Waals surface area contributed by atoms with Crippen LogP contribution in [0.4, 0.5) is 30.7 Å². The Morgan fingerprint density at radius 1 is 1.00 bits per heavy atom. The van der Waals surface area contributed by atoms with E-state index in [-0.39, 0.29) is 24.5 Å². The van der Waals surface area contributed by atoms with Gasteiger partial charge in [-0.05, 0) is 34.5 Å². The lowest BCUT2D eigenvalue weighted by Crippen LogP contribution is -2.46. The van der Waals surface area contributed by atoms with Crippen LogP contribution in [0, 0.1) is 5.82 Å². The monoisotopic (exact) mass is 448 g/mol. The smallest absolute Gasteiger partial charge is 0.314 e. The first-order chi connectivity index (χ1) is 12.6. The molecule has 0 unspecified atom stereocenters. The summed E-state index contributed by atoms with van der Waals surface area (Å²) in [6.07, 6.45) is -10.2. The zero-order valence-corrected chi connectivity index (χ0v) is 15.8. The van der Waals surface area contributed by atoms with Crippen LogP contribution in [-0.2, 0) is 12.4 Å². The molecule has 2 aromatic rings. The molecule has 1 atom stereocenters. The zero-order chi connectivity index (χ0) is 19.8. The molecule has 0 bridgehead atoms. The van der Waals surface area contributed by atoms with Gasteiger partial charge in [-0.15, -0.1) is 12.4 Å². The Morgan fingerprint density at radius 2 is 1.64 bits per heavy atom. The van der Waals surface area contributed by atoms with Crippen LogP contribution >= 0.6 is 23.7 Å². The number of piperazine rings is 1. The summed E-state index contributed by atoms with van der Waals surface area (Å²) in [6.45, 7) is 1.67. The topological polar surface area (TPSA) is 15.3 Å². The molecule has 1 aromatic carbocycles. The van der Waals surface area contributed by atoms with Crippen molar-refractivity contribution in [3.8, 4) is 0 Å². The van der Waals surface area contributed by atoms with Crippen molar-refractivity contribution < 1.29 is 30.7 Å². The van der Waals surface area contributed by atoms with Crippen molar-refractivity contribution in [3.05, 3.63) is 57.0 Å². The fourth-order valence-electron chi connectivity index (χ4n) is 3.22. The molecular weight excluding hydrogens is 433 g/mol. The number of nitrogens with zero attached hydrogens (tertiary/aromatic N) is 1. The summed E-state index contributed by atoms with van der Waals surface area (Å²) in [4.78, 5) is 1.65. The molecule has 2 nitrogen and oxygen atoms in total. The number of hydrogen-bond acceptors (Lipinski definition) is 3. The first-order valence-corrected chi connectivity index (χ1v) is 8.98. The van der Waals surface area contributed by atoms with E-state index in [0.717, 1.165) is 0 Å². The van der Waals surface area contributed by atoms with Crippen LogP contribution in [0.2, 0.25) is 0 Å². The lowest BCUT2D eigenvalue weighted by molar-refractivity contribution is -0.144. The minimum atomic E-state index is -5.13. The molecule has 1 aliphatic heterocycles. The molecule has 2 heterocycles. The van der Waals surface area contributed by atoms with Gasteiger partial charge in [0.1, 0.15) is 5.82 Å². The van der Waals surface area contributed by atoms with Crippen LogP contribution in [0.5, 0.6) is 0 Å². The molecule has 1 fully saturated rings. The third kappa shape index (κ3) is 4.79. The molecule has 156 valence electrons. The SMILES string of the molecule is Cl.Fc1cc(C(F)(F)F)cc(C(F)(F)F)c1[C@H](c1ccsc1)N1CCNCC1. The van der Waals surface area contributed by atoms with Gasteiger partial charge >= 0.3 is 12.4 Å². The second-order valence-corrected chi connectivity index (χ2v) is 6.94. The van der Waals surface area contributed by atoms with Crippen LogP contribution in [0.1, 0.15) is 28.3 Å². The summed E-state index contributed by atoms with van der Waals surface area (Å²) in [5.74, 6) is -1.51. The predicted octanol–water partition coefficient (Wildman–Crippen LogP) is 5.34. The maximum atomic E-state index is 14.7. The fraction of sp³-hybridized carbons (Fsp3) is 0.412. The van der Waals surface area contributed by atoms with Crippen molar-refractivity contribution in [2.45, 2.75) is 18.4 Å². The molecule has 1 aliphatic rings. The number of halogens is 8. The van der Waals surface area contributed by atoms with Crippen LogP contribution < -0.4 is 5.32 Å². The Balaban J connectivity index is 0.00000280. The Morgan fingerprint density at radius 3 is 2.14 bits per heavy atom. The quantitative estimate of drug-likeness (QED) is 0.637. The van der Waals surface area contributed by atoms with Gasteiger partial charge in [-0.1, -0.05) is 0 Å². The number of thiophene rings is 1. The van der Waals surface area contributed by atoms with Crippen molar-refractivity contribution in [2.75, 3.05) is 26.2 Å². The summed E-state index contributed by atoms with van der Waals surface area (Å²) in [5.41, 5.74) is -3.59. The van der Waals surface area contributed by atoms with Gasteiger partial charge in [0, 0.05) is 31.7 Å². The first kappa shape index (κ1) is 22.9. The van der Waals surface area contributed by atoms with E-state index in [0.29, 0.717) is 31.7 Å². The molecule has 1 saturated heterocycles. The summed E-state index contributed by atoms with van der Waals surface area (Å²) in [7, 11) is 0. The number of benzene rings is 1. The summed E-state index contributed by atoms with van der Waals surface area (Å²) in [6, 6.07) is 0.595. The highest BCUT2D eigenvalue weighted by Crippen LogP contribution is 2.43. The van der Waals surface area contributed by atoms with E-state index in [1.807, 2.05) is 0 Å². The van der Waals surface area contributed by atoms with Gasteiger partial charge in [0.2, 0.25) is 0 Å². The number of hydrogen-bond donors (Lipinski definition) is 1. The van der Waals surface area contributed by atoms with Gasteiger partial charge in [0.25, 0.3) is 0 Å². The second kappa shape index (κ2) is 8.56. The van der Waals surface area contributed by atoms with E-state index in [9.17, 15) is 30.7 Å². The van der Waals surface area contributed by atoms with E-state index in [2.05, 4.69) is 5.32 Å². The Kier molecular flexibility index (Phi) is 7.01. The third-order valence-corrected chi connectivity index (χ3v) is 5.11. The van der Waals surface area contributed by atoms with Gasteiger partial charge in [-0.25, -0.2) is 4.39 Å². The highest BCUT2D eigenvalue weighted by Gasteiger charge is 2.42. The van der Waals surface area contributed by atoms with Crippen LogP contribution in [0.3, 0.4) is 0 Å². The fourth-order valence-corrected chi connectivity index (χ4v) is 3.90. The lowest BCUT2D eigenvalue weighted by Gasteiger charge is -2.36. The number of alkyl halides is 6. The predicted molar refractivity (Wildman–Crippen MR) is 94.3 cm³/mol. The first-order valence-electron chi connectivity index (χ1n) is 8.03. The summed E-state index contributed by atoms with van der Waals surface area (Å²) < 4.78 is 94.4. The molecule has 11 heteroatoms. The van der Waals surface area contributed by atoms with E-state index in [1.54, 1.807) is 21.7 Å². The average Bonchev–Trinajstić information content (AvgIpc) is 3.09. The number of nitrogens with one attached hydrogen (secondary N) is 1. The second-order valence-electron chi connectivity index (χ2n) is 6.16. The van der Waals surface area contributed by atoms with Gasteiger partial charge in [0.15, 0.2) is 0 Å². The molecule has 0 spiro atoms. The minimum Gasteiger partial charge on any atom is -0.314 e. The Bertz CT molecular complexity index is 784. The van der Waals surface area contributed by atoms with Gasteiger partial charge < -0.3 is 5.32 Å². The van der Waals surface area contributed by atoms with Gasteiger partial charge in [0.05, 0.1) is 17.2 Å². The minimum absolute atomic E-state index is 0. The third-order valence-electron chi connectivity index (χ3n) is 4.41. The molecule has 0 amide bonds. The van der Waals surface area contributed by atoms with E-state index in [4.69, 9.17) is 0 Å². The van der Waals surface area contributed by atoms with Crippen LogP contribution in [-0.4, -0.2) is 31.1 Å². The van der Waals surface area contributed by atoms with E-state index in [1.165, 1.54) is 11.3 Å². The van der Waals surface area contributed by atoms with Crippen LogP contribution in [0.25, 0.3) is 0 Å². The van der Waals surface area contributed by atoms with Gasteiger partial charge in [-0.3, -0.25) is 4.90 Å². The molecule has 1 N–H and O–H groups in total. The van der Waals surface area contributed by atoms with Crippen molar-refractivity contribution in [1.29, 1.82) is 0 Å². The molecule has 0 saturated carbocycles. The van der Waals surface area contributed by atoms with Gasteiger partial charge in [-0.2, -0.15) is 37.7 Å². The molecule has 1 aromatic heterocycles. The molecule has 3 rings (SSSR count). The van der Waals surface area contributed by atoms with Crippen molar-refractivity contribution in [1.82, 2.24) is 10.2 Å². The molecular formula is C17H16ClF7N2S. The highest BCUT2D eigenvalue weighted by atomic mass is 35.5. The average molecular weight is 449 g/mol. The lowest BCUT2D eigenvalue weighted by atomic mass is 9.91. The zero-order valence-electron chi connectivity index (χ0n) is 14.2. The van der Waals surface area contributed by atoms with Crippen molar-refractivity contribution >= 4 is 23.7 Å². The van der Waals surface area contributed by atoms with Crippen molar-refractivity contribution in [2.24, 2.45) is 0 Å². The molecule has 28 heavy (non-hydrogen) atoms. The maximum absolute atomic E-state index is 14.7. The largest absolute Gasteiger partial charge is 0.416 e. The Hall–Kier alpha value is -1.36. The highest BCUT2D eigenvalue weighted by molar-refractivity contribution is 7.08. The maximum Gasteiger partial charge on any atom is 0.416 e. The van der Waals surface area contributed by atoms with E-state index >= 15 is 0 Å². The normalized spacial score (nSPS) is 17.2. The number of rotatable bonds is 3. The molecule has 0 radical (unpaired) electrons. The Labute approximate surface area is 166 Å². The van der Waals surface area contributed by atoms with E-state index < -0.39 is 40.9 Å². The van der Waals surface area contributed by atoms with Crippen LogP contribution in [0.15, 0.2) is 29.0 Å². The molecule has 0 aliphatic carbocycles. The summed E-state index contributed by atoms with van der Waals surface area (Å²) in [5, 5.41) is 6.28.